The molecule has 0 bridgehead atoms. The first-order chi connectivity index (χ1) is 10.3. The van der Waals surface area contributed by atoms with Gasteiger partial charge in [-0.3, -0.25) is 10.1 Å². The molecule has 0 saturated carbocycles. The summed E-state index contributed by atoms with van der Waals surface area (Å²) in [4.78, 5) is 12.2. The van der Waals surface area contributed by atoms with Crippen LogP contribution in [-0.2, 0) is 14.6 Å². The third-order valence-electron chi connectivity index (χ3n) is 3.67. The Hall–Kier alpha value is -1.67. The Morgan fingerprint density at radius 3 is 2.77 bits per heavy atom. The van der Waals surface area contributed by atoms with E-state index in [1.807, 2.05) is 11.8 Å². The quantitative estimate of drug-likeness (QED) is 0.606. The van der Waals surface area contributed by atoms with E-state index in [1.54, 1.807) is 0 Å². The number of hydrogen-bond donors (Lipinski definition) is 0. The predicted molar refractivity (Wildman–Crippen MR) is 83.1 cm³/mol. The standard InChI is InChI=1S/C14H20N2O5S/c1-3-21-12-5-4-8-15(10-12)13-7-6-11(16(17)18)9-14(13)22(2,19)20/h6-7,9,12H,3-5,8,10H2,1-2H3. The molecule has 7 nitrogen and oxygen atoms in total. The smallest absolute Gasteiger partial charge is 0.270 e. The molecule has 1 atom stereocenters. The number of nitro groups is 1. The summed E-state index contributed by atoms with van der Waals surface area (Å²) >= 11 is 0. The fraction of sp³-hybridized carbons (Fsp3) is 0.571. The van der Waals surface area contributed by atoms with Crippen molar-refractivity contribution in [2.75, 3.05) is 30.9 Å². The first-order valence-electron chi connectivity index (χ1n) is 7.18. The van der Waals surface area contributed by atoms with Gasteiger partial charge in [-0.25, -0.2) is 8.42 Å². The summed E-state index contributed by atoms with van der Waals surface area (Å²) in [5.74, 6) is 0. The van der Waals surface area contributed by atoms with Crippen LogP contribution in [0, 0.1) is 10.1 Å². The third kappa shape index (κ3) is 3.75. The molecule has 0 aliphatic carbocycles. The van der Waals surface area contributed by atoms with Gasteiger partial charge in [0.25, 0.3) is 5.69 Å². The van der Waals surface area contributed by atoms with Crippen molar-refractivity contribution in [1.29, 1.82) is 0 Å². The lowest BCUT2D eigenvalue weighted by atomic mass is 10.1. The molecule has 22 heavy (non-hydrogen) atoms. The van der Waals surface area contributed by atoms with E-state index in [0.29, 0.717) is 25.4 Å². The van der Waals surface area contributed by atoms with Gasteiger partial charge in [-0.2, -0.15) is 0 Å². The molecule has 1 aliphatic rings. The van der Waals surface area contributed by atoms with E-state index in [1.165, 1.54) is 12.1 Å². The minimum atomic E-state index is -3.56. The van der Waals surface area contributed by atoms with E-state index >= 15 is 0 Å². The average Bonchev–Trinajstić information content (AvgIpc) is 2.46. The van der Waals surface area contributed by atoms with Crippen molar-refractivity contribution in [2.24, 2.45) is 0 Å². The molecule has 122 valence electrons. The van der Waals surface area contributed by atoms with Gasteiger partial charge in [-0.15, -0.1) is 0 Å². The second kappa shape index (κ2) is 6.62. The van der Waals surface area contributed by atoms with Crippen molar-refractivity contribution in [3.8, 4) is 0 Å². The lowest BCUT2D eigenvalue weighted by molar-refractivity contribution is -0.385. The average molecular weight is 328 g/mol. The summed E-state index contributed by atoms with van der Waals surface area (Å²) in [7, 11) is -3.56. The molecule has 1 aromatic rings. The fourth-order valence-electron chi connectivity index (χ4n) is 2.70. The van der Waals surface area contributed by atoms with E-state index in [4.69, 9.17) is 4.74 Å². The molecule has 1 aromatic carbocycles. The zero-order valence-corrected chi connectivity index (χ0v) is 13.5. The van der Waals surface area contributed by atoms with Crippen molar-refractivity contribution in [2.45, 2.75) is 30.8 Å². The Bertz CT molecular complexity index is 657. The first-order valence-corrected chi connectivity index (χ1v) is 9.07. The van der Waals surface area contributed by atoms with Crippen LogP contribution in [-0.4, -0.2) is 45.4 Å². The number of sulfone groups is 1. The van der Waals surface area contributed by atoms with Gasteiger partial charge in [0, 0.05) is 38.1 Å². The van der Waals surface area contributed by atoms with Gasteiger partial charge in [0.15, 0.2) is 9.84 Å². The van der Waals surface area contributed by atoms with Crippen molar-refractivity contribution < 1.29 is 18.1 Å². The highest BCUT2D eigenvalue weighted by atomic mass is 32.2. The van der Waals surface area contributed by atoms with E-state index in [-0.39, 0.29) is 16.7 Å². The lowest BCUT2D eigenvalue weighted by Crippen LogP contribution is -2.40. The molecule has 0 aromatic heterocycles. The highest BCUT2D eigenvalue weighted by molar-refractivity contribution is 7.90. The molecule has 0 spiro atoms. The number of anilines is 1. The van der Waals surface area contributed by atoms with Crippen LogP contribution in [0.5, 0.6) is 0 Å². The molecule has 1 saturated heterocycles. The van der Waals surface area contributed by atoms with Crippen LogP contribution in [0.2, 0.25) is 0 Å². The first kappa shape index (κ1) is 16.7. The Morgan fingerprint density at radius 1 is 1.45 bits per heavy atom. The van der Waals surface area contributed by atoms with Gasteiger partial charge in [0.2, 0.25) is 0 Å². The van der Waals surface area contributed by atoms with Gasteiger partial charge in [0.05, 0.1) is 21.6 Å². The van der Waals surface area contributed by atoms with Gasteiger partial charge < -0.3 is 9.64 Å². The van der Waals surface area contributed by atoms with E-state index in [9.17, 15) is 18.5 Å². The summed E-state index contributed by atoms with van der Waals surface area (Å²) in [5, 5.41) is 10.9. The maximum absolute atomic E-state index is 12.0. The van der Waals surface area contributed by atoms with E-state index in [2.05, 4.69) is 0 Å². The highest BCUT2D eigenvalue weighted by Crippen LogP contribution is 2.31. The fourth-order valence-corrected chi connectivity index (χ4v) is 3.62. The number of nitrogens with zero attached hydrogens (tertiary/aromatic N) is 2. The number of piperidine rings is 1. The molecular weight excluding hydrogens is 308 g/mol. The van der Waals surface area contributed by atoms with Crippen LogP contribution < -0.4 is 4.90 Å². The number of non-ortho nitro benzene ring substituents is 1. The minimum absolute atomic E-state index is 0.00107. The van der Waals surface area contributed by atoms with E-state index < -0.39 is 14.8 Å². The van der Waals surface area contributed by atoms with Gasteiger partial charge in [-0.05, 0) is 25.8 Å². The number of rotatable bonds is 5. The van der Waals surface area contributed by atoms with Gasteiger partial charge in [-0.1, -0.05) is 0 Å². The number of benzene rings is 1. The minimum Gasteiger partial charge on any atom is -0.377 e. The molecule has 1 heterocycles. The molecule has 2 rings (SSSR count). The van der Waals surface area contributed by atoms with Crippen molar-refractivity contribution in [3.63, 3.8) is 0 Å². The second-order valence-electron chi connectivity index (χ2n) is 5.35. The largest absolute Gasteiger partial charge is 0.377 e. The Morgan fingerprint density at radius 2 is 2.18 bits per heavy atom. The van der Waals surface area contributed by atoms with Crippen LogP contribution in [0.25, 0.3) is 0 Å². The summed E-state index contributed by atoms with van der Waals surface area (Å²) < 4.78 is 29.6. The molecular formula is C14H20N2O5S. The summed E-state index contributed by atoms with van der Waals surface area (Å²) in [6.07, 6.45) is 2.96. The normalized spacial score (nSPS) is 19.2. The lowest BCUT2D eigenvalue weighted by Gasteiger charge is -2.35. The molecule has 0 amide bonds. The molecule has 1 aliphatic heterocycles. The number of nitro benzene ring substituents is 1. The van der Waals surface area contributed by atoms with Crippen LogP contribution in [0.3, 0.4) is 0 Å². The number of hydrogen-bond acceptors (Lipinski definition) is 6. The van der Waals surface area contributed by atoms with Crippen molar-refractivity contribution in [1.82, 2.24) is 0 Å². The third-order valence-corrected chi connectivity index (χ3v) is 4.80. The van der Waals surface area contributed by atoms with E-state index in [0.717, 1.165) is 25.2 Å². The van der Waals surface area contributed by atoms with Crippen LogP contribution >= 0.6 is 0 Å². The molecule has 8 heteroatoms. The molecule has 1 fully saturated rings. The Balaban J connectivity index is 2.39. The SMILES string of the molecule is CCOC1CCCN(c2ccc([N+](=O)[O-])cc2S(C)(=O)=O)C1. The van der Waals surface area contributed by atoms with Gasteiger partial charge in [0.1, 0.15) is 0 Å². The molecule has 0 N–H and O–H groups in total. The second-order valence-corrected chi connectivity index (χ2v) is 7.33. The number of ether oxygens (including phenoxy) is 1. The summed E-state index contributed by atoms with van der Waals surface area (Å²) in [6, 6.07) is 3.99. The van der Waals surface area contributed by atoms with Crippen LogP contribution in [0.15, 0.2) is 23.1 Å². The predicted octanol–water partition coefficient (Wildman–Crippen LogP) is 2.00. The highest BCUT2D eigenvalue weighted by Gasteiger charge is 2.26. The zero-order valence-electron chi connectivity index (χ0n) is 12.7. The zero-order chi connectivity index (χ0) is 16.3. The molecule has 1 unspecified atom stereocenters. The van der Waals surface area contributed by atoms with Crippen molar-refractivity contribution >= 4 is 21.2 Å². The maximum Gasteiger partial charge on any atom is 0.270 e. The van der Waals surface area contributed by atoms with Gasteiger partial charge >= 0.3 is 0 Å². The monoisotopic (exact) mass is 328 g/mol. The summed E-state index contributed by atoms with van der Waals surface area (Å²) in [5.41, 5.74) is 0.292. The topological polar surface area (TPSA) is 89.8 Å². The molecule has 0 radical (unpaired) electrons. The summed E-state index contributed by atoms with van der Waals surface area (Å²) in [6.45, 7) is 3.84. The van der Waals surface area contributed by atoms with Crippen molar-refractivity contribution in [3.05, 3.63) is 28.3 Å². The van der Waals surface area contributed by atoms with Crippen LogP contribution in [0.4, 0.5) is 11.4 Å². The maximum atomic E-state index is 12.0. The Kier molecular flexibility index (Phi) is 5.02. The Labute approximate surface area is 129 Å². The van der Waals surface area contributed by atoms with Crippen LogP contribution in [0.1, 0.15) is 19.8 Å².